The van der Waals surface area contributed by atoms with Crippen LogP contribution in [0.25, 0.3) is 0 Å². The Kier molecular flexibility index (Phi) is 3.71. The molecule has 19 heavy (non-hydrogen) atoms. The molecule has 4 heteroatoms. The molecule has 0 saturated carbocycles. The molecule has 0 radical (unpaired) electrons. The van der Waals surface area contributed by atoms with Gasteiger partial charge in [0.2, 0.25) is 5.91 Å². The zero-order valence-corrected chi connectivity index (χ0v) is 10.7. The predicted octanol–water partition coefficient (Wildman–Crippen LogP) is 2.41. The van der Waals surface area contributed by atoms with E-state index in [9.17, 15) is 9.90 Å². The van der Waals surface area contributed by atoms with Gasteiger partial charge >= 0.3 is 0 Å². The van der Waals surface area contributed by atoms with Crippen LogP contribution in [-0.2, 0) is 6.54 Å². The first-order chi connectivity index (χ1) is 9.08. The molecule has 0 bridgehead atoms. The molecule has 0 aliphatic rings. The highest BCUT2D eigenvalue weighted by Gasteiger charge is 2.05. The number of aromatic hydroxyl groups is 1. The largest absolute Gasteiger partial charge is 0.508 e. The van der Waals surface area contributed by atoms with Crippen molar-refractivity contribution in [1.82, 2.24) is 0 Å². The molecule has 0 unspecified atom stereocenters. The van der Waals surface area contributed by atoms with E-state index in [1.165, 1.54) is 0 Å². The highest BCUT2D eigenvalue weighted by atomic mass is 16.3. The lowest BCUT2D eigenvalue weighted by atomic mass is 10.1. The van der Waals surface area contributed by atoms with Crippen LogP contribution in [-0.4, -0.2) is 11.0 Å². The number of carbonyl (C=O) groups is 1. The van der Waals surface area contributed by atoms with E-state index < -0.39 is 5.91 Å². The number of amides is 1. The number of phenolic OH excluding ortho intramolecular Hbond substituents is 1. The van der Waals surface area contributed by atoms with Gasteiger partial charge in [-0.05, 0) is 36.8 Å². The normalized spacial score (nSPS) is 10.2. The maximum atomic E-state index is 11.1. The number of nitrogens with one attached hydrogen (secondary N) is 1. The summed E-state index contributed by atoms with van der Waals surface area (Å²) in [6.07, 6.45) is 0. The number of rotatable bonds is 4. The molecule has 0 fully saturated rings. The van der Waals surface area contributed by atoms with Crippen LogP contribution in [0.3, 0.4) is 0 Å². The lowest BCUT2D eigenvalue weighted by Gasteiger charge is -2.11. The molecular weight excluding hydrogens is 240 g/mol. The van der Waals surface area contributed by atoms with E-state index in [1.54, 1.807) is 24.3 Å². The lowest BCUT2D eigenvalue weighted by Crippen LogP contribution is -2.11. The van der Waals surface area contributed by atoms with Crippen LogP contribution in [0, 0.1) is 6.92 Å². The Bertz CT molecular complexity index is 609. The van der Waals surface area contributed by atoms with Gasteiger partial charge in [0.05, 0.1) is 0 Å². The van der Waals surface area contributed by atoms with Crippen molar-refractivity contribution in [3.63, 3.8) is 0 Å². The second-order valence-electron chi connectivity index (χ2n) is 4.38. The van der Waals surface area contributed by atoms with E-state index in [0.717, 1.165) is 16.8 Å². The van der Waals surface area contributed by atoms with Crippen molar-refractivity contribution in [2.75, 3.05) is 5.32 Å². The second kappa shape index (κ2) is 5.44. The van der Waals surface area contributed by atoms with Gasteiger partial charge in [-0.25, -0.2) is 0 Å². The highest BCUT2D eigenvalue weighted by Crippen LogP contribution is 2.20. The quantitative estimate of drug-likeness (QED) is 0.786. The zero-order chi connectivity index (χ0) is 13.8. The maximum absolute atomic E-state index is 11.1. The number of hydrogen-bond donors (Lipinski definition) is 3. The van der Waals surface area contributed by atoms with Gasteiger partial charge in [0.1, 0.15) is 5.75 Å². The summed E-state index contributed by atoms with van der Waals surface area (Å²) in [5.74, 6) is -0.170. The Morgan fingerprint density at radius 1 is 1.26 bits per heavy atom. The lowest BCUT2D eigenvalue weighted by molar-refractivity contribution is 0.1000. The molecule has 0 saturated heterocycles. The number of anilines is 1. The molecule has 4 nitrogen and oxygen atoms in total. The van der Waals surface area contributed by atoms with Crippen molar-refractivity contribution in [2.24, 2.45) is 5.73 Å². The minimum Gasteiger partial charge on any atom is -0.508 e. The molecule has 0 aromatic heterocycles. The van der Waals surface area contributed by atoms with Crippen molar-refractivity contribution in [3.8, 4) is 5.75 Å². The van der Waals surface area contributed by atoms with E-state index in [1.807, 2.05) is 25.1 Å². The average Bonchev–Trinajstić information content (AvgIpc) is 2.39. The minimum absolute atomic E-state index is 0.265. The van der Waals surface area contributed by atoms with Gasteiger partial charge in [0.15, 0.2) is 0 Å². The Labute approximate surface area is 111 Å². The molecule has 0 atom stereocenters. The minimum atomic E-state index is -0.435. The fourth-order valence-corrected chi connectivity index (χ4v) is 1.87. The number of nitrogens with two attached hydrogens (primary N) is 1. The van der Waals surface area contributed by atoms with Gasteiger partial charge < -0.3 is 16.2 Å². The number of para-hydroxylation sites is 1. The van der Waals surface area contributed by atoms with E-state index in [2.05, 4.69) is 5.32 Å². The first kappa shape index (κ1) is 13.0. The van der Waals surface area contributed by atoms with Crippen LogP contribution in [0.4, 0.5) is 5.69 Å². The number of aryl methyl sites for hydroxylation is 1. The van der Waals surface area contributed by atoms with E-state index in [-0.39, 0.29) is 5.75 Å². The molecule has 0 heterocycles. The molecule has 1 amide bonds. The topological polar surface area (TPSA) is 75.4 Å². The summed E-state index contributed by atoms with van der Waals surface area (Å²) in [6.45, 7) is 2.42. The van der Waals surface area contributed by atoms with Crippen LogP contribution < -0.4 is 11.1 Å². The maximum Gasteiger partial charge on any atom is 0.248 e. The molecule has 0 aliphatic carbocycles. The van der Waals surface area contributed by atoms with E-state index >= 15 is 0 Å². The second-order valence-corrected chi connectivity index (χ2v) is 4.38. The fraction of sp³-hybridized carbons (Fsp3) is 0.133. The fourth-order valence-electron chi connectivity index (χ4n) is 1.87. The average molecular weight is 256 g/mol. The molecule has 2 aromatic rings. The number of phenols is 1. The Balaban J connectivity index is 2.12. The summed E-state index contributed by atoms with van der Waals surface area (Å²) < 4.78 is 0. The molecule has 0 spiro atoms. The predicted molar refractivity (Wildman–Crippen MR) is 75.1 cm³/mol. The number of hydrogen-bond acceptors (Lipinski definition) is 3. The standard InChI is InChI=1S/C15H16N2O2/c1-10-8-11(15(16)19)6-7-13(10)17-9-12-4-2-3-5-14(12)18/h2-8,17-18H,9H2,1H3,(H2,16,19). The third-order valence-corrected chi connectivity index (χ3v) is 2.97. The van der Waals surface area contributed by atoms with Gasteiger partial charge in [-0.3, -0.25) is 4.79 Å². The zero-order valence-electron chi connectivity index (χ0n) is 10.7. The highest BCUT2D eigenvalue weighted by molar-refractivity contribution is 5.93. The third-order valence-electron chi connectivity index (χ3n) is 2.97. The molecule has 4 N–H and O–H groups in total. The molecule has 2 rings (SSSR count). The Morgan fingerprint density at radius 3 is 2.63 bits per heavy atom. The van der Waals surface area contributed by atoms with E-state index in [4.69, 9.17) is 5.73 Å². The van der Waals surface area contributed by atoms with Crippen molar-refractivity contribution in [2.45, 2.75) is 13.5 Å². The van der Waals surface area contributed by atoms with E-state index in [0.29, 0.717) is 12.1 Å². The first-order valence-electron chi connectivity index (χ1n) is 5.99. The van der Waals surface area contributed by atoms with Crippen LogP contribution >= 0.6 is 0 Å². The van der Waals surface area contributed by atoms with Crippen molar-refractivity contribution < 1.29 is 9.90 Å². The molecular formula is C15H16N2O2. The summed E-state index contributed by atoms with van der Waals surface area (Å²) in [5, 5.41) is 12.9. The van der Waals surface area contributed by atoms with Crippen molar-refractivity contribution >= 4 is 11.6 Å². The van der Waals surface area contributed by atoms with Crippen molar-refractivity contribution in [3.05, 3.63) is 59.2 Å². The molecule has 98 valence electrons. The molecule has 0 aliphatic heterocycles. The van der Waals surface area contributed by atoms with Gasteiger partial charge in [-0.1, -0.05) is 18.2 Å². The third kappa shape index (κ3) is 3.04. The number of carbonyl (C=O) groups excluding carboxylic acids is 1. The first-order valence-corrected chi connectivity index (χ1v) is 5.99. The van der Waals surface area contributed by atoms with Gasteiger partial charge in [0, 0.05) is 23.4 Å². The summed E-state index contributed by atoms with van der Waals surface area (Å²) in [4.78, 5) is 11.1. The summed E-state index contributed by atoms with van der Waals surface area (Å²) >= 11 is 0. The van der Waals surface area contributed by atoms with Crippen LogP contribution in [0.5, 0.6) is 5.75 Å². The Morgan fingerprint density at radius 2 is 2.00 bits per heavy atom. The van der Waals surface area contributed by atoms with Crippen molar-refractivity contribution in [1.29, 1.82) is 0 Å². The van der Waals surface area contributed by atoms with Crippen LogP contribution in [0.15, 0.2) is 42.5 Å². The van der Waals surface area contributed by atoms with Crippen LogP contribution in [0.2, 0.25) is 0 Å². The summed E-state index contributed by atoms with van der Waals surface area (Å²) in [6, 6.07) is 12.4. The summed E-state index contributed by atoms with van der Waals surface area (Å²) in [5.41, 5.74) is 8.38. The van der Waals surface area contributed by atoms with Gasteiger partial charge in [-0.15, -0.1) is 0 Å². The monoisotopic (exact) mass is 256 g/mol. The van der Waals surface area contributed by atoms with Gasteiger partial charge in [-0.2, -0.15) is 0 Å². The smallest absolute Gasteiger partial charge is 0.248 e. The molecule has 2 aromatic carbocycles. The van der Waals surface area contributed by atoms with Gasteiger partial charge in [0.25, 0.3) is 0 Å². The summed E-state index contributed by atoms with van der Waals surface area (Å²) in [7, 11) is 0. The Hall–Kier alpha value is -2.49. The number of primary amides is 1. The van der Waals surface area contributed by atoms with Crippen LogP contribution in [0.1, 0.15) is 21.5 Å². The SMILES string of the molecule is Cc1cc(C(N)=O)ccc1NCc1ccccc1O. The number of benzene rings is 2.